The van der Waals surface area contributed by atoms with E-state index in [0.29, 0.717) is 0 Å². The molecule has 0 bridgehead atoms. The second-order valence-corrected chi connectivity index (χ2v) is 6.64. The van der Waals surface area contributed by atoms with Gasteiger partial charge in [-0.15, -0.1) is 22.7 Å². The molecule has 1 N–H and O–H groups in total. The molecule has 0 amide bonds. The summed E-state index contributed by atoms with van der Waals surface area (Å²) >= 11 is 12.8. The number of thiophene rings is 2. The quantitative estimate of drug-likeness (QED) is 0.875. The minimum Gasteiger partial charge on any atom is -0.308 e. The molecule has 2 rings (SSSR count). The van der Waals surface area contributed by atoms with Crippen LogP contribution in [0.25, 0.3) is 0 Å². The standard InChI is InChI=1S/C10H9BrClNS2/c1-13-10(7-2-3-9(12)15-7)8-4-6(11)5-14-8/h2-5,10,13H,1H3. The molecule has 1 atom stereocenters. The topological polar surface area (TPSA) is 12.0 Å². The third-order valence-corrected chi connectivity index (χ3v) is 5.09. The van der Waals surface area contributed by atoms with Crippen LogP contribution < -0.4 is 5.32 Å². The van der Waals surface area contributed by atoms with E-state index in [9.17, 15) is 0 Å². The highest BCUT2D eigenvalue weighted by Gasteiger charge is 2.15. The van der Waals surface area contributed by atoms with Gasteiger partial charge in [-0.1, -0.05) is 11.6 Å². The SMILES string of the molecule is CNC(c1cc(Br)cs1)c1ccc(Cl)s1. The van der Waals surface area contributed by atoms with Gasteiger partial charge < -0.3 is 5.32 Å². The Bertz CT molecular complexity index is 411. The summed E-state index contributed by atoms with van der Waals surface area (Å²) in [4.78, 5) is 2.54. The van der Waals surface area contributed by atoms with Crippen molar-refractivity contribution in [3.63, 3.8) is 0 Å². The molecule has 80 valence electrons. The van der Waals surface area contributed by atoms with E-state index >= 15 is 0 Å². The van der Waals surface area contributed by atoms with Crippen LogP contribution in [0.4, 0.5) is 0 Å². The van der Waals surface area contributed by atoms with E-state index in [1.165, 1.54) is 9.75 Å². The molecule has 5 heteroatoms. The lowest BCUT2D eigenvalue weighted by Crippen LogP contribution is -2.14. The third-order valence-electron chi connectivity index (χ3n) is 2.04. The molecule has 0 aromatic carbocycles. The van der Waals surface area contributed by atoms with E-state index in [1.54, 1.807) is 22.7 Å². The van der Waals surface area contributed by atoms with Gasteiger partial charge in [0.05, 0.1) is 10.4 Å². The van der Waals surface area contributed by atoms with Crippen molar-refractivity contribution in [2.45, 2.75) is 6.04 Å². The van der Waals surface area contributed by atoms with Gasteiger partial charge in [0.1, 0.15) is 0 Å². The van der Waals surface area contributed by atoms with Gasteiger partial charge in [-0.2, -0.15) is 0 Å². The average Bonchev–Trinajstić information content (AvgIpc) is 2.78. The van der Waals surface area contributed by atoms with Crippen molar-refractivity contribution in [2.75, 3.05) is 7.05 Å². The molecule has 0 saturated heterocycles. The number of rotatable bonds is 3. The molecule has 0 aliphatic carbocycles. The van der Waals surface area contributed by atoms with Gasteiger partial charge in [-0.3, -0.25) is 0 Å². The van der Waals surface area contributed by atoms with Crippen molar-refractivity contribution in [3.8, 4) is 0 Å². The fourth-order valence-electron chi connectivity index (χ4n) is 1.39. The Morgan fingerprint density at radius 3 is 2.67 bits per heavy atom. The average molecular weight is 323 g/mol. The highest BCUT2D eigenvalue weighted by atomic mass is 79.9. The van der Waals surface area contributed by atoms with E-state index < -0.39 is 0 Å². The van der Waals surface area contributed by atoms with Crippen LogP contribution in [-0.4, -0.2) is 7.05 Å². The van der Waals surface area contributed by atoms with E-state index in [-0.39, 0.29) is 6.04 Å². The molecular formula is C10H9BrClNS2. The Hall–Kier alpha value is 0.130. The zero-order valence-electron chi connectivity index (χ0n) is 7.96. The van der Waals surface area contributed by atoms with Gasteiger partial charge >= 0.3 is 0 Å². The minimum atomic E-state index is 0.249. The molecule has 2 heterocycles. The highest BCUT2D eigenvalue weighted by molar-refractivity contribution is 9.10. The predicted molar refractivity (Wildman–Crippen MR) is 72.3 cm³/mol. The summed E-state index contributed by atoms with van der Waals surface area (Å²) in [5, 5.41) is 5.39. The fraction of sp³-hybridized carbons (Fsp3) is 0.200. The monoisotopic (exact) mass is 321 g/mol. The fourth-order valence-corrected chi connectivity index (χ4v) is 4.22. The second kappa shape index (κ2) is 4.97. The van der Waals surface area contributed by atoms with E-state index in [4.69, 9.17) is 11.6 Å². The van der Waals surface area contributed by atoms with Crippen molar-refractivity contribution in [3.05, 3.63) is 42.1 Å². The first kappa shape index (κ1) is 11.6. The van der Waals surface area contributed by atoms with E-state index in [1.807, 2.05) is 13.1 Å². The number of hydrogen-bond donors (Lipinski definition) is 1. The van der Waals surface area contributed by atoms with Crippen molar-refractivity contribution < 1.29 is 0 Å². The summed E-state index contributed by atoms with van der Waals surface area (Å²) < 4.78 is 1.96. The molecular weight excluding hydrogens is 314 g/mol. The molecule has 2 aromatic rings. The first-order chi connectivity index (χ1) is 7.20. The van der Waals surface area contributed by atoms with Gasteiger partial charge in [0.2, 0.25) is 0 Å². The Labute approximate surface area is 110 Å². The Morgan fingerprint density at radius 2 is 2.20 bits per heavy atom. The molecule has 1 unspecified atom stereocenters. The van der Waals surface area contributed by atoms with Crippen molar-refractivity contribution >= 4 is 50.2 Å². The largest absolute Gasteiger partial charge is 0.308 e. The van der Waals surface area contributed by atoms with Crippen molar-refractivity contribution in [2.24, 2.45) is 0 Å². The first-order valence-electron chi connectivity index (χ1n) is 4.37. The lowest BCUT2D eigenvalue weighted by Gasteiger charge is -2.11. The maximum absolute atomic E-state index is 5.94. The van der Waals surface area contributed by atoms with Gasteiger partial charge in [-0.25, -0.2) is 0 Å². The molecule has 0 aliphatic rings. The lowest BCUT2D eigenvalue weighted by atomic mass is 10.2. The van der Waals surface area contributed by atoms with Crippen molar-refractivity contribution in [1.82, 2.24) is 5.32 Å². The molecule has 0 radical (unpaired) electrons. The molecule has 1 nitrogen and oxygen atoms in total. The van der Waals surface area contributed by atoms with Crippen LogP contribution in [0.1, 0.15) is 15.8 Å². The number of hydrogen-bond acceptors (Lipinski definition) is 3. The Morgan fingerprint density at radius 1 is 1.40 bits per heavy atom. The smallest absolute Gasteiger partial charge is 0.0931 e. The van der Waals surface area contributed by atoms with Gasteiger partial charge in [-0.05, 0) is 41.2 Å². The lowest BCUT2D eigenvalue weighted by molar-refractivity contribution is 0.716. The zero-order chi connectivity index (χ0) is 10.8. The summed E-state index contributed by atoms with van der Waals surface area (Å²) in [6.45, 7) is 0. The molecule has 0 saturated carbocycles. The summed E-state index contributed by atoms with van der Waals surface area (Å²) in [6.07, 6.45) is 0. The normalized spacial score (nSPS) is 13.0. The number of nitrogens with one attached hydrogen (secondary N) is 1. The van der Waals surface area contributed by atoms with Crippen LogP contribution in [0.5, 0.6) is 0 Å². The van der Waals surface area contributed by atoms with Crippen LogP contribution in [-0.2, 0) is 0 Å². The highest BCUT2D eigenvalue weighted by Crippen LogP contribution is 2.34. The van der Waals surface area contributed by atoms with E-state index in [0.717, 1.165) is 8.81 Å². The van der Waals surface area contributed by atoms with Crippen LogP contribution in [0.3, 0.4) is 0 Å². The molecule has 15 heavy (non-hydrogen) atoms. The van der Waals surface area contributed by atoms with Crippen LogP contribution in [0.15, 0.2) is 28.1 Å². The van der Waals surface area contributed by atoms with Crippen LogP contribution in [0, 0.1) is 0 Å². The second-order valence-electron chi connectivity index (χ2n) is 3.03. The van der Waals surface area contributed by atoms with Crippen molar-refractivity contribution in [1.29, 1.82) is 0 Å². The molecule has 0 spiro atoms. The van der Waals surface area contributed by atoms with Crippen LogP contribution in [0.2, 0.25) is 4.34 Å². The van der Waals surface area contributed by atoms with Crippen LogP contribution >= 0.6 is 50.2 Å². The summed E-state index contributed by atoms with van der Waals surface area (Å²) in [5.41, 5.74) is 0. The van der Waals surface area contributed by atoms with Gasteiger partial charge in [0.15, 0.2) is 0 Å². The maximum atomic E-state index is 5.94. The molecule has 0 aliphatic heterocycles. The molecule has 0 fully saturated rings. The predicted octanol–water partition coefficient (Wildman–Crippen LogP) is 4.53. The third kappa shape index (κ3) is 2.63. The van der Waals surface area contributed by atoms with Gasteiger partial charge in [0.25, 0.3) is 0 Å². The maximum Gasteiger partial charge on any atom is 0.0931 e. The Kier molecular flexibility index (Phi) is 3.85. The summed E-state index contributed by atoms with van der Waals surface area (Å²) in [6, 6.07) is 6.40. The summed E-state index contributed by atoms with van der Waals surface area (Å²) in [7, 11) is 1.96. The first-order valence-corrected chi connectivity index (χ1v) is 7.24. The zero-order valence-corrected chi connectivity index (χ0v) is 11.9. The minimum absolute atomic E-state index is 0.249. The van der Waals surface area contributed by atoms with Gasteiger partial charge in [0, 0.05) is 19.6 Å². The molecule has 2 aromatic heterocycles. The van der Waals surface area contributed by atoms with E-state index in [2.05, 4.69) is 38.8 Å². The Balaban J connectivity index is 2.32. The number of halogens is 2. The summed E-state index contributed by atoms with van der Waals surface area (Å²) in [5.74, 6) is 0.